The lowest BCUT2D eigenvalue weighted by molar-refractivity contribution is -0.117. The Kier molecular flexibility index (Phi) is 7.52. The largest absolute Gasteiger partial charge is 0.444 e. The molecule has 3 heterocycles. The number of carbonyl (C=O) groups is 2. The van der Waals surface area contributed by atoms with Gasteiger partial charge < -0.3 is 19.9 Å². The van der Waals surface area contributed by atoms with Crippen molar-refractivity contribution in [3.63, 3.8) is 0 Å². The van der Waals surface area contributed by atoms with Crippen LogP contribution in [0.5, 0.6) is 0 Å². The van der Waals surface area contributed by atoms with Crippen LogP contribution in [-0.2, 0) is 16.1 Å². The van der Waals surface area contributed by atoms with Crippen LogP contribution < -0.4 is 10.2 Å². The molecule has 4 rings (SSSR count). The van der Waals surface area contributed by atoms with Gasteiger partial charge in [-0.15, -0.1) is 0 Å². The SMILES string of the molecule is CC(=O)N1c2ccc(-c3cnn(CCN(C)C(=O)OC(C)(C)C)c3)cc2C(Nc2ccncc2)CC1C. The molecule has 1 N–H and O–H groups in total. The average molecular weight is 505 g/mol. The summed E-state index contributed by atoms with van der Waals surface area (Å²) in [5.41, 5.74) is 4.44. The van der Waals surface area contributed by atoms with Gasteiger partial charge in [-0.1, -0.05) is 6.07 Å². The number of nitrogens with zero attached hydrogens (tertiary/aromatic N) is 5. The van der Waals surface area contributed by atoms with Crippen molar-refractivity contribution >= 4 is 23.4 Å². The van der Waals surface area contributed by atoms with Gasteiger partial charge in [-0.25, -0.2) is 4.79 Å². The van der Waals surface area contributed by atoms with Crippen molar-refractivity contribution in [1.29, 1.82) is 0 Å². The third-order valence-corrected chi connectivity index (χ3v) is 6.38. The molecule has 0 bridgehead atoms. The van der Waals surface area contributed by atoms with Gasteiger partial charge >= 0.3 is 6.09 Å². The maximum Gasteiger partial charge on any atom is 0.410 e. The second-order valence-corrected chi connectivity index (χ2v) is 10.6. The molecule has 0 fully saturated rings. The Morgan fingerprint density at radius 2 is 1.89 bits per heavy atom. The van der Waals surface area contributed by atoms with E-state index in [0.717, 1.165) is 34.5 Å². The Morgan fingerprint density at radius 3 is 2.57 bits per heavy atom. The molecule has 2 amide bonds. The van der Waals surface area contributed by atoms with E-state index in [4.69, 9.17) is 4.74 Å². The molecule has 0 radical (unpaired) electrons. The fourth-order valence-electron chi connectivity index (χ4n) is 4.63. The molecule has 3 aromatic rings. The molecular weight excluding hydrogens is 468 g/mol. The van der Waals surface area contributed by atoms with Gasteiger partial charge in [-0.2, -0.15) is 5.10 Å². The summed E-state index contributed by atoms with van der Waals surface area (Å²) in [6, 6.07) is 10.2. The van der Waals surface area contributed by atoms with Crippen LogP contribution in [0.2, 0.25) is 0 Å². The van der Waals surface area contributed by atoms with Crippen LogP contribution in [-0.4, -0.2) is 56.9 Å². The van der Waals surface area contributed by atoms with Crippen molar-refractivity contribution in [2.24, 2.45) is 0 Å². The van der Waals surface area contributed by atoms with Crippen molar-refractivity contribution in [2.45, 2.75) is 65.3 Å². The number of rotatable bonds is 6. The molecule has 2 atom stereocenters. The topological polar surface area (TPSA) is 92.6 Å². The number of fused-ring (bicyclic) bond motifs is 1. The van der Waals surface area contributed by atoms with E-state index in [1.165, 1.54) is 0 Å². The Labute approximate surface area is 218 Å². The Morgan fingerprint density at radius 1 is 1.16 bits per heavy atom. The van der Waals surface area contributed by atoms with Crippen LogP contribution in [0.25, 0.3) is 11.1 Å². The van der Waals surface area contributed by atoms with Gasteiger partial charge in [-0.05, 0) is 69.5 Å². The lowest BCUT2D eigenvalue weighted by Gasteiger charge is -2.39. The Hall–Kier alpha value is -3.88. The van der Waals surface area contributed by atoms with Crippen molar-refractivity contribution in [3.8, 4) is 11.1 Å². The summed E-state index contributed by atoms with van der Waals surface area (Å²) in [5.74, 6) is 0.0331. The molecule has 9 nitrogen and oxygen atoms in total. The maximum atomic E-state index is 12.5. The first-order chi connectivity index (χ1) is 17.5. The fourth-order valence-corrected chi connectivity index (χ4v) is 4.63. The highest BCUT2D eigenvalue weighted by Crippen LogP contribution is 2.41. The zero-order chi connectivity index (χ0) is 26.7. The predicted octanol–water partition coefficient (Wildman–Crippen LogP) is 5.11. The molecule has 1 aliphatic rings. The quantitative estimate of drug-likeness (QED) is 0.502. The molecular formula is C28H36N6O3. The molecule has 37 heavy (non-hydrogen) atoms. The minimum atomic E-state index is -0.531. The maximum absolute atomic E-state index is 12.5. The number of amides is 2. The molecule has 196 valence electrons. The first-order valence-corrected chi connectivity index (χ1v) is 12.6. The molecule has 1 aromatic carbocycles. The number of aromatic nitrogens is 3. The number of pyridine rings is 1. The number of likely N-dealkylation sites (N-methyl/N-ethyl adjacent to an activating group) is 1. The van der Waals surface area contributed by atoms with E-state index in [-0.39, 0.29) is 24.1 Å². The van der Waals surface area contributed by atoms with Crippen LogP contribution in [0.15, 0.2) is 55.1 Å². The van der Waals surface area contributed by atoms with Crippen LogP contribution in [0.3, 0.4) is 0 Å². The summed E-state index contributed by atoms with van der Waals surface area (Å²) in [7, 11) is 1.72. The summed E-state index contributed by atoms with van der Waals surface area (Å²) < 4.78 is 7.25. The highest BCUT2D eigenvalue weighted by atomic mass is 16.6. The summed E-state index contributed by atoms with van der Waals surface area (Å²) in [4.78, 5) is 32.3. The normalized spacial score (nSPS) is 17.2. The molecule has 0 saturated carbocycles. The van der Waals surface area contributed by atoms with Crippen molar-refractivity contribution in [2.75, 3.05) is 23.8 Å². The lowest BCUT2D eigenvalue weighted by Crippen LogP contribution is -2.43. The Bertz CT molecular complexity index is 1250. The molecule has 9 heteroatoms. The van der Waals surface area contributed by atoms with Gasteiger partial charge in [-0.3, -0.25) is 14.5 Å². The van der Waals surface area contributed by atoms with Crippen LogP contribution in [0.4, 0.5) is 16.2 Å². The van der Waals surface area contributed by atoms with Gasteiger partial charge in [0, 0.05) is 62.1 Å². The minimum Gasteiger partial charge on any atom is -0.444 e. The summed E-state index contributed by atoms with van der Waals surface area (Å²) in [6.07, 6.45) is 7.77. The molecule has 0 aliphatic carbocycles. The number of hydrogen-bond acceptors (Lipinski definition) is 6. The monoisotopic (exact) mass is 504 g/mol. The number of benzene rings is 1. The Balaban J connectivity index is 1.55. The van der Waals surface area contributed by atoms with Gasteiger partial charge in [0.1, 0.15) is 5.60 Å². The number of nitrogens with one attached hydrogen (secondary N) is 1. The highest BCUT2D eigenvalue weighted by molar-refractivity contribution is 5.94. The summed E-state index contributed by atoms with van der Waals surface area (Å²) in [6.45, 7) is 10.3. The van der Waals surface area contributed by atoms with Gasteiger partial charge in [0.25, 0.3) is 0 Å². The van der Waals surface area contributed by atoms with E-state index in [1.54, 1.807) is 31.3 Å². The third-order valence-electron chi connectivity index (χ3n) is 6.38. The molecule has 1 aliphatic heterocycles. The first kappa shape index (κ1) is 26.2. The summed E-state index contributed by atoms with van der Waals surface area (Å²) in [5, 5.41) is 8.13. The number of anilines is 2. The third kappa shape index (κ3) is 6.28. The van der Waals surface area contributed by atoms with E-state index in [0.29, 0.717) is 13.1 Å². The zero-order valence-corrected chi connectivity index (χ0v) is 22.4. The molecule has 2 aromatic heterocycles. The predicted molar refractivity (Wildman–Crippen MR) is 144 cm³/mol. The molecule has 2 unspecified atom stereocenters. The van der Waals surface area contributed by atoms with E-state index in [1.807, 2.05) is 67.0 Å². The van der Waals surface area contributed by atoms with E-state index in [9.17, 15) is 9.59 Å². The van der Waals surface area contributed by atoms with Gasteiger partial charge in [0.2, 0.25) is 5.91 Å². The van der Waals surface area contributed by atoms with E-state index in [2.05, 4.69) is 28.4 Å². The summed E-state index contributed by atoms with van der Waals surface area (Å²) >= 11 is 0. The molecule has 0 spiro atoms. The molecule has 0 saturated heterocycles. The van der Waals surface area contributed by atoms with Crippen LogP contribution in [0, 0.1) is 0 Å². The first-order valence-electron chi connectivity index (χ1n) is 12.6. The van der Waals surface area contributed by atoms with E-state index < -0.39 is 5.60 Å². The number of ether oxygens (including phenoxy) is 1. The van der Waals surface area contributed by atoms with Gasteiger partial charge in [0.15, 0.2) is 0 Å². The average Bonchev–Trinajstić information content (AvgIpc) is 3.31. The highest BCUT2D eigenvalue weighted by Gasteiger charge is 2.32. The smallest absolute Gasteiger partial charge is 0.410 e. The number of hydrogen-bond donors (Lipinski definition) is 1. The van der Waals surface area contributed by atoms with Crippen LogP contribution in [0.1, 0.15) is 52.6 Å². The van der Waals surface area contributed by atoms with Gasteiger partial charge in [0.05, 0.1) is 18.8 Å². The second kappa shape index (κ2) is 10.6. The lowest BCUT2D eigenvalue weighted by atomic mass is 9.89. The second-order valence-electron chi connectivity index (χ2n) is 10.6. The number of carbonyl (C=O) groups excluding carboxylic acids is 2. The van der Waals surface area contributed by atoms with E-state index >= 15 is 0 Å². The van der Waals surface area contributed by atoms with Crippen molar-refractivity contribution in [1.82, 2.24) is 19.7 Å². The minimum absolute atomic E-state index is 0.0331. The fraction of sp³-hybridized carbons (Fsp3) is 0.429. The van der Waals surface area contributed by atoms with Crippen molar-refractivity contribution in [3.05, 3.63) is 60.7 Å². The van der Waals surface area contributed by atoms with Crippen LogP contribution >= 0.6 is 0 Å². The standard InChI is InChI=1S/C28H36N6O3/c1-19-15-25(31-23-9-11-29-12-10-23)24-16-21(7-8-26(24)34(19)20(2)35)22-17-30-33(18-22)14-13-32(6)27(36)37-28(3,4)5/h7-12,16-19,25H,13-15H2,1-6H3,(H,29,31). The zero-order valence-electron chi connectivity index (χ0n) is 22.4. The van der Waals surface area contributed by atoms with Crippen molar-refractivity contribution < 1.29 is 14.3 Å².